The van der Waals surface area contributed by atoms with E-state index in [1.807, 2.05) is 26.0 Å². The van der Waals surface area contributed by atoms with Gasteiger partial charge in [-0.1, -0.05) is 32.0 Å². The zero-order valence-corrected chi connectivity index (χ0v) is 16.6. The Kier molecular flexibility index (Phi) is 6.51. The first-order valence-electron chi connectivity index (χ1n) is 9.46. The molecule has 0 fully saturated rings. The van der Waals surface area contributed by atoms with Gasteiger partial charge in [-0.2, -0.15) is 0 Å². The van der Waals surface area contributed by atoms with E-state index in [0.717, 1.165) is 5.56 Å². The van der Waals surface area contributed by atoms with Gasteiger partial charge in [0, 0.05) is 6.07 Å². The molecule has 9 nitrogen and oxygen atoms in total. The molecule has 0 saturated heterocycles. The minimum absolute atomic E-state index is 0.0439. The molecule has 1 atom stereocenters. The van der Waals surface area contributed by atoms with Crippen molar-refractivity contribution in [3.63, 3.8) is 0 Å². The number of carbonyl (C=O) groups is 2. The molecule has 0 bridgehead atoms. The van der Waals surface area contributed by atoms with Crippen molar-refractivity contribution in [3.8, 4) is 11.5 Å². The summed E-state index contributed by atoms with van der Waals surface area (Å²) in [4.78, 5) is 35.0. The Morgan fingerprint density at radius 2 is 1.83 bits per heavy atom. The molecule has 1 heterocycles. The van der Waals surface area contributed by atoms with Crippen LogP contribution < -0.4 is 14.8 Å². The molecule has 30 heavy (non-hydrogen) atoms. The predicted molar refractivity (Wildman–Crippen MR) is 107 cm³/mol. The zero-order valence-electron chi connectivity index (χ0n) is 16.6. The molecule has 1 aliphatic heterocycles. The van der Waals surface area contributed by atoms with Crippen LogP contribution in [0.3, 0.4) is 0 Å². The third kappa shape index (κ3) is 4.86. The average Bonchev–Trinajstić information content (AvgIpc) is 2.75. The van der Waals surface area contributed by atoms with Gasteiger partial charge in [-0.3, -0.25) is 14.9 Å². The fraction of sp³-hybridized carbons (Fsp3) is 0.333. The van der Waals surface area contributed by atoms with Gasteiger partial charge < -0.3 is 19.5 Å². The summed E-state index contributed by atoms with van der Waals surface area (Å²) < 4.78 is 16.1. The number of hydrogen-bond acceptors (Lipinski definition) is 7. The fourth-order valence-electron chi connectivity index (χ4n) is 3.12. The summed E-state index contributed by atoms with van der Waals surface area (Å²) in [6.45, 7) is 4.28. The molecule has 0 aliphatic carbocycles. The summed E-state index contributed by atoms with van der Waals surface area (Å²) in [5, 5.41) is 13.9. The highest BCUT2D eigenvalue weighted by Gasteiger charge is 2.24. The van der Waals surface area contributed by atoms with E-state index in [0.29, 0.717) is 24.7 Å². The Labute approximate surface area is 173 Å². The van der Waals surface area contributed by atoms with E-state index in [1.165, 1.54) is 24.3 Å². The molecule has 0 spiro atoms. The summed E-state index contributed by atoms with van der Waals surface area (Å²) in [7, 11) is 0. The highest BCUT2D eigenvalue weighted by molar-refractivity contribution is 5.95. The number of nitrogens with zero attached hydrogens (tertiary/aromatic N) is 1. The molecule has 1 amide bonds. The molecular formula is C21H22N2O7. The molecule has 0 aromatic heterocycles. The van der Waals surface area contributed by atoms with Crippen LogP contribution in [0.15, 0.2) is 42.5 Å². The van der Waals surface area contributed by atoms with E-state index in [4.69, 9.17) is 14.2 Å². The summed E-state index contributed by atoms with van der Waals surface area (Å²) in [5.41, 5.74) is 0.245. The molecule has 2 aromatic rings. The molecular weight excluding hydrogens is 392 g/mol. The number of esters is 1. The number of fused-ring (bicyclic) bond motifs is 1. The molecule has 1 aliphatic rings. The topological polar surface area (TPSA) is 117 Å². The van der Waals surface area contributed by atoms with Gasteiger partial charge in [0.25, 0.3) is 11.6 Å². The molecule has 1 N–H and O–H groups in total. The highest BCUT2D eigenvalue weighted by Crippen LogP contribution is 2.34. The number of carbonyl (C=O) groups excluding carboxylic acids is 2. The van der Waals surface area contributed by atoms with Crippen molar-refractivity contribution >= 4 is 17.6 Å². The van der Waals surface area contributed by atoms with Crippen LogP contribution in [-0.4, -0.2) is 36.6 Å². The van der Waals surface area contributed by atoms with Gasteiger partial charge in [0.2, 0.25) is 0 Å². The van der Waals surface area contributed by atoms with Crippen molar-refractivity contribution in [2.75, 3.05) is 19.8 Å². The first-order valence-corrected chi connectivity index (χ1v) is 9.46. The number of para-hydroxylation sites is 1. The molecule has 9 heteroatoms. The first-order chi connectivity index (χ1) is 14.4. The van der Waals surface area contributed by atoms with E-state index in [-0.39, 0.29) is 23.2 Å². The minimum atomic E-state index is -0.933. The van der Waals surface area contributed by atoms with Gasteiger partial charge in [-0.15, -0.1) is 0 Å². The Hall–Kier alpha value is -3.62. The zero-order chi connectivity index (χ0) is 21.7. The van der Waals surface area contributed by atoms with Gasteiger partial charge >= 0.3 is 5.97 Å². The van der Waals surface area contributed by atoms with Gasteiger partial charge in [-0.25, -0.2) is 4.79 Å². The van der Waals surface area contributed by atoms with E-state index in [1.54, 1.807) is 6.07 Å². The summed E-state index contributed by atoms with van der Waals surface area (Å²) in [6.07, 6.45) is 0. The monoisotopic (exact) mass is 414 g/mol. The Balaban J connectivity index is 1.65. The summed E-state index contributed by atoms with van der Waals surface area (Å²) in [6, 6.07) is 10.5. The lowest BCUT2D eigenvalue weighted by Crippen LogP contribution is -2.35. The largest absolute Gasteiger partial charge is 0.486 e. The second kappa shape index (κ2) is 9.25. The van der Waals surface area contributed by atoms with Crippen LogP contribution in [0, 0.1) is 16.0 Å². The fourth-order valence-corrected chi connectivity index (χ4v) is 3.12. The van der Waals surface area contributed by atoms with Gasteiger partial charge in [0.05, 0.1) is 11.0 Å². The number of hydrogen-bond donors (Lipinski definition) is 1. The average molecular weight is 414 g/mol. The van der Waals surface area contributed by atoms with E-state index in [2.05, 4.69) is 5.32 Å². The number of benzene rings is 2. The number of amides is 1. The van der Waals surface area contributed by atoms with Crippen LogP contribution in [0.5, 0.6) is 11.5 Å². The third-order valence-corrected chi connectivity index (χ3v) is 4.56. The molecule has 0 unspecified atom stereocenters. The second-order valence-electron chi connectivity index (χ2n) is 7.04. The van der Waals surface area contributed by atoms with Gasteiger partial charge in [-0.05, 0) is 29.7 Å². The molecule has 0 saturated carbocycles. The molecule has 3 rings (SSSR count). The third-order valence-electron chi connectivity index (χ3n) is 4.56. The number of nitro groups is 1. The molecule has 0 radical (unpaired) electrons. The number of ether oxygens (including phenoxy) is 3. The van der Waals surface area contributed by atoms with Crippen molar-refractivity contribution in [1.29, 1.82) is 0 Å². The smallest absolute Gasteiger partial charge is 0.345 e. The number of nitro benzene ring substituents is 1. The van der Waals surface area contributed by atoms with Crippen LogP contribution in [-0.2, 0) is 9.53 Å². The number of nitrogens with one attached hydrogen (secondary N) is 1. The molecule has 2 aromatic carbocycles. The number of rotatable bonds is 7. The minimum Gasteiger partial charge on any atom is -0.486 e. The van der Waals surface area contributed by atoms with E-state index in [9.17, 15) is 19.7 Å². The van der Waals surface area contributed by atoms with Crippen LogP contribution >= 0.6 is 0 Å². The maximum absolute atomic E-state index is 12.4. The van der Waals surface area contributed by atoms with Crippen LogP contribution in [0.1, 0.15) is 35.8 Å². The van der Waals surface area contributed by atoms with E-state index >= 15 is 0 Å². The second-order valence-corrected chi connectivity index (χ2v) is 7.04. The SMILES string of the molecule is CC(C)[C@@H](NC(=O)COC(=O)c1ccccc1[N+](=O)[O-])c1ccc2c(c1)OCCO2. The lowest BCUT2D eigenvalue weighted by atomic mass is 9.95. The van der Waals surface area contributed by atoms with E-state index < -0.39 is 23.4 Å². The Morgan fingerprint density at radius 3 is 2.53 bits per heavy atom. The normalized spacial score (nSPS) is 13.4. The standard InChI is InChI=1S/C21H22N2O7/c1-13(2)20(14-7-8-17-18(11-14)29-10-9-28-17)22-19(24)12-30-21(25)15-5-3-4-6-16(15)23(26)27/h3-8,11,13,20H,9-10,12H2,1-2H3,(H,22,24)/t20-/m1/s1. The van der Waals surface area contributed by atoms with Crippen molar-refractivity contribution in [3.05, 3.63) is 63.7 Å². The Bertz CT molecular complexity index is 958. The van der Waals surface area contributed by atoms with Crippen molar-refractivity contribution in [2.24, 2.45) is 5.92 Å². The lowest BCUT2D eigenvalue weighted by Gasteiger charge is -2.25. The molecule has 158 valence electrons. The first kappa shape index (κ1) is 21.1. The summed E-state index contributed by atoms with van der Waals surface area (Å²) >= 11 is 0. The van der Waals surface area contributed by atoms with Crippen molar-refractivity contribution in [1.82, 2.24) is 5.32 Å². The van der Waals surface area contributed by atoms with Gasteiger partial charge in [0.15, 0.2) is 18.1 Å². The van der Waals surface area contributed by atoms with Crippen LogP contribution in [0.4, 0.5) is 5.69 Å². The van der Waals surface area contributed by atoms with Gasteiger partial charge in [0.1, 0.15) is 18.8 Å². The Morgan fingerprint density at radius 1 is 1.13 bits per heavy atom. The lowest BCUT2D eigenvalue weighted by molar-refractivity contribution is -0.385. The van der Waals surface area contributed by atoms with Crippen LogP contribution in [0.25, 0.3) is 0 Å². The maximum atomic E-state index is 12.4. The predicted octanol–water partition coefficient (Wildman–Crippen LogP) is 3.04. The van der Waals surface area contributed by atoms with Crippen molar-refractivity contribution < 1.29 is 28.7 Å². The van der Waals surface area contributed by atoms with Crippen LogP contribution in [0.2, 0.25) is 0 Å². The maximum Gasteiger partial charge on any atom is 0.345 e. The highest BCUT2D eigenvalue weighted by atomic mass is 16.6. The summed E-state index contributed by atoms with van der Waals surface area (Å²) in [5.74, 6) is -0.144. The quantitative estimate of drug-likeness (QED) is 0.420. The van der Waals surface area contributed by atoms with Crippen molar-refractivity contribution in [2.45, 2.75) is 19.9 Å².